The summed E-state index contributed by atoms with van der Waals surface area (Å²) in [5.41, 5.74) is 19.7. The van der Waals surface area contributed by atoms with Gasteiger partial charge in [0.15, 0.2) is 0 Å². The zero-order valence-electron chi connectivity index (χ0n) is 22.1. The standard InChI is InChI=1S/C31H35N5/c1-7-26(32)20(5)30(33)23-12-9-11-22(16-23)24-17-25(19(4)15-18(24)3)28-13-10-14-29(34-28)31-21(6)27(8-2)35-36-31/h9-17,33H,7-8,32H2,1-6H3,(H,35,36). The number of aryl methyl sites for hydroxylation is 3. The molecule has 36 heavy (non-hydrogen) atoms. The molecule has 0 aliphatic rings. The quantitative estimate of drug-likeness (QED) is 0.244. The van der Waals surface area contributed by atoms with Gasteiger partial charge in [-0.25, -0.2) is 4.98 Å². The maximum absolute atomic E-state index is 8.68. The van der Waals surface area contributed by atoms with Crippen LogP contribution in [0.1, 0.15) is 55.1 Å². The largest absolute Gasteiger partial charge is 0.402 e. The van der Waals surface area contributed by atoms with Gasteiger partial charge in [0.2, 0.25) is 0 Å². The van der Waals surface area contributed by atoms with Crippen molar-refractivity contribution in [2.75, 3.05) is 0 Å². The zero-order chi connectivity index (χ0) is 26.0. The van der Waals surface area contributed by atoms with Crippen LogP contribution in [0, 0.1) is 26.2 Å². The number of nitrogens with two attached hydrogens (primary N) is 1. The molecule has 0 radical (unpaired) electrons. The van der Waals surface area contributed by atoms with Gasteiger partial charge in [-0.3, -0.25) is 10.5 Å². The number of nitrogens with zero attached hydrogens (tertiary/aromatic N) is 2. The lowest BCUT2D eigenvalue weighted by atomic mass is 9.91. The van der Waals surface area contributed by atoms with Gasteiger partial charge in [-0.2, -0.15) is 5.10 Å². The SMILES string of the molecule is CCC(N)=C(C)C(=N)c1cccc(-c2cc(-c3cccc(-c4n[nH]c(CC)c4C)n3)c(C)cc2C)c1. The van der Waals surface area contributed by atoms with Crippen molar-refractivity contribution in [1.82, 2.24) is 15.2 Å². The Morgan fingerprint density at radius 3 is 2.31 bits per heavy atom. The van der Waals surface area contributed by atoms with E-state index in [1.54, 1.807) is 0 Å². The fraction of sp³-hybridized carbons (Fsp3) is 0.258. The molecule has 0 spiro atoms. The number of benzene rings is 2. The Morgan fingerprint density at radius 1 is 0.917 bits per heavy atom. The van der Waals surface area contributed by atoms with Gasteiger partial charge < -0.3 is 5.73 Å². The zero-order valence-corrected chi connectivity index (χ0v) is 22.1. The molecule has 0 bridgehead atoms. The highest BCUT2D eigenvalue weighted by atomic mass is 15.1. The van der Waals surface area contributed by atoms with E-state index in [4.69, 9.17) is 16.1 Å². The lowest BCUT2D eigenvalue weighted by Crippen LogP contribution is -2.09. The monoisotopic (exact) mass is 477 g/mol. The molecule has 184 valence electrons. The number of rotatable bonds is 7. The molecular weight excluding hydrogens is 442 g/mol. The summed E-state index contributed by atoms with van der Waals surface area (Å²) in [6.45, 7) is 12.4. The molecule has 2 aromatic heterocycles. The summed E-state index contributed by atoms with van der Waals surface area (Å²) in [4.78, 5) is 5.01. The highest BCUT2D eigenvalue weighted by Gasteiger charge is 2.15. The number of pyridine rings is 1. The number of nitrogens with one attached hydrogen (secondary N) is 2. The van der Waals surface area contributed by atoms with Gasteiger partial charge in [-0.15, -0.1) is 0 Å². The van der Waals surface area contributed by atoms with Crippen molar-refractivity contribution >= 4 is 5.71 Å². The van der Waals surface area contributed by atoms with Crippen molar-refractivity contribution in [2.24, 2.45) is 5.73 Å². The topological polar surface area (TPSA) is 91.4 Å². The third kappa shape index (κ3) is 4.74. The third-order valence-electron chi connectivity index (χ3n) is 7.00. The van der Waals surface area contributed by atoms with Gasteiger partial charge in [0.25, 0.3) is 0 Å². The van der Waals surface area contributed by atoms with Crippen molar-refractivity contribution in [3.8, 4) is 33.8 Å². The first-order valence-electron chi connectivity index (χ1n) is 12.5. The fourth-order valence-corrected chi connectivity index (χ4v) is 4.67. The predicted molar refractivity (Wildman–Crippen MR) is 150 cm³/mol. The van der Waals surface area contributed by atoms with E-state index in [1.165, 1.54) is 11.1 Å². The van der Waals surface area contributed by atoms with E-state index in [1.807, 2.05) is 38.1 Å². The molecule has 0 saturated heterocycles. The molecule has 0 saturated carbocycles. The van der Waals surface area contributed by atoms with Crippen LogP contribution in [0.4, 0.5) is 0 Å². The van der Waals surface area contributed by atoms with Gasteiger partial charge in [0.05, 0.1) is 17.1 Å². The van der Waals surface area contributed by atoms with Crippen molar-refractivity contribution in [3.05, 3.63) is 93.8 Å². The van der Waals surface area contributed by atoms with Gasteiger partial charge in [-0.05, 0) is 98.2 Å². The van der Waals surface area contributed by atoms with Crippen LogP contribution >= 0.6 is 0 Å². The fourth-order valence-electron chi connectivity index (χ4n) is 4.67. The molecule has 2 heterocycles. The van der Waals surface area contributed by atoms with E-state index in [2.05, 4.69) is 68.2 Å². The summed E-state index contributed by atoms with van der Waals surface area (Å²) in [6, 6.07) is 18.7. The second-order valence-corrected chi connectivity index (χ2v) is 9.38. The number of H-pyrrole nitrogens is 1. The molecule has 4 N–H and O–H groups in total. The second kappa shape index (κ2) is 10.3. The van der Waals surface area contributed by atoms with E-state index < -0.39 is 0 Å². The first kappa shape index (κ1) is 25.1. The molecule has 5 heteroatoms. The summed E-state index contributed by atoms with van der Waals surface area (Å²) < 4.78 is 0. The van der Waals surface area contributed by atoms with Gasteiger partial charge in [-0.1, -0.05) is 44.2 Å². The lowest BCUT2D eigenvalue weighted by Gasteiger charge is -2.15. The lowest BCUT2D eigenvalue weighted by molar-refractivity contribution is 0.969. The number of allylic oxidation sites excluding steroid dienone is 2. The van der Waals surface area contributed by atoms with Gasteiger partial charge >= 0.3 is 0 Å². The van der Waals surface area contributed by atoms with E-state index in [0.29, 0.717) is 5.71 Å². The Hall–Kier alpha value is -3.99. The Bertz CT molecular complexity index is 1470. The molecule has 0 amide bonds. The number of aromatic nitrogens is 3. The summed E-state index contributed by atoms with van der Waals surface area (Å²) in [5.74, 6) is 0. The molecule has 0 fully saturated rings. The molecule has 2 aromatic carbocycles. The molecule has 0 atom stereocenters. The summed E-state index contributed by atoms with van der Waals surface area (Å²) in [6.07, 6.45) is 1.65. The van der Waals surface area contributed by atoms with Crippen LogP contribution < -0.4 is 5.73 Å². The Balaban J connectivity index is 1.78. The van der Waals surface area contributed by atoms with Crippen molar-refractivity contribution < 1.29 is 0 Å². The third-order valence-corrected chi connectivity index (χ3v) is 7.00. The minimum absolute atomic E-state index is 0.469. The van der Waals surface area contributed by atoms with Gasteiger partial charge in [0, 0.05) is 22.5 Å². The first-order chi connectivity index (χ1) is 17.2. The van der Waals surface area contributed by atoms with Crippen LogP contribution in [-0.4, -0.2) is 20.9 Å². The first-order valence-corrected chi connectivity index (χ1v) is 12.5. The highest BCUT2D eigenvalue weighted by Crippen LogP contribution is 2.33. The highest BCUT2D eigenvalue weighted by molar-refractivity contribution is 6.11. The van der Waals surface area contributed by atoms with E-state index in [-0.39, 0.29) is 0 Å². The Labute approximate surface area is 214 Å². The molecule has 0 aliphatic carbocycles. The molecule has 0 unspecified atom stereocenters. The summed E-state index contributed by atoms with van der Waals surface area (Å²) >= 11 is 0. The average Bonchev–Trinajstić information content (AvgIpc) is 3.27. The molecule has 0 aliphatic heterocycles. The minimum atomic E-state index is 0.469. The predicted octanol–water partition coefficient (Wildman–Crippen LogP) is 7.30. The van der Waals surface area contributed by atoms with Crippen LogP contribution in [0.3, 0.4) is 0 Å². The van der Waals surface area contributed by atoms with Crippen molar-refractivity contribution in [1.29, 1.82) is 5.41 Å². The number of hydrogen-bond donors (Lipinski definition) is 3. The maximum Gasteiger partial charge on any atom is 0.114 e. The van der Waals surface area contributed by atoms with Crippen molar-refractivity contribution in [3.63, 3.8) is 0 Å². The van der Waals surface area contributed by atoms with E-state index in [0.717, 1.165) is 74.7 Å². The Kier molecular flexibility index (Phi) is 7.20. The van der Waals surface area contributed by atoms with Gasteiger partial charge in [0.1, 0.15) is 5.69 Å². The Morgan fingerprint density at radius 2 is 1.61 bits per heavy atom. The van der Waals surface area contributed by atoms with Crippen LogP contribution in [-0.2, 0) is 6.42 Å². The summed E-state index contributed by atoms with van der Waals surface area (Å²) in [5, 5.41) is 16.4. The number of hydrogen-bond acceptors (Lipinski definition) is 4. The maximum atomic E-state index is 8.68. The molecule has 5 nitrogen and oxygen atoms in total. The molecular formula is C31H35N5. The smallest absolute Gasteiger partial charge is 0.114 e. The number of aromatic amines is 1. The minimum Gasteiger partial charge on any atom is -0.402 e. The van der Waals surface area contributed by atoms with E-state index in [9.17, 15) is 0 Å². The summed E-state index contributed by atoms with van der Waals surface area (Å²) in [7, 11) is 0. The normalized spacial score (nSPS) is 11.9. The van der Waals surface area contributed by atoms with Crippen molar-refractivity contribution in [2.45, 2.75) is 54.4 Å². The van der Waals surface area contributed by atoms with Crippen LogP contribution in [0.15, 0.2) is 65.9 Å². The van der Waals surface area contributed by atoms with E-state index >= 15 is 0 Å². The van der Waals surface area contributed by atoms with Crippen LogP contribution in [0.5, 0.6) is 0 Å². The van der Waals surface area contributed by atoms with Crippen LogP contribution in [0.25, 0.3) is 33.8 Å². The molecule has 4 aromatic rings. The molecule has 4 rings (SSSR count). The second-order valence-electron chi connectivity index (χ2n) is 9.38. The average molecular weight is 478 g/mol. The van der Waals surface area contributed by atoms with Crippen LogP contribution in [0.2, 0.25) is 0 Å².